The lowest BCUT2D eigenvalue weighted by atomic mass is 9.97. The molecule has 10 rings (SSSR count). The summed E-state index contributed by atoms with van der Waals surface area (Å²) in [6, 6.07) is 0. The molecule has 0 aromatic carbocycles. The fraction of sp³-hybridized carbons (Fsp3) is 0.548. The van der Waals surface area contributed by atoms with Crippen LogP contribution >= 0.6 is 0 Å². The minimum atomic E-state index is -0.127. The van der Waals surface area contributed by atoms with E-state index in [1.165, 1.54) is 0 Å². The van der Waals surface area contributed by atoms with Crippen LogP contribution in [0.1, 0.15) is 114 Å². The van der Waals surface area contributed by atoms with Gasteiger partial charge in [0.25, 0.3) is 11.1 Å². The van der Waals surface area contributed by atoms with Crippen molar-refractivity contribution in [2.45, 2.75) is 83.6 Å². The summed E-state index contributed by atoms with van der Waals surface area (Å²) in [5.74, 6) is 6.15. The average Bonchev–Trinajstić information content (AvgIpc) is 4.09. The molecule has 0 amide bonds. The molecule has 0 aliphatic carbocycles. The van der Waals surface area contributed by atoms with E-state index in [1.807, 2.05) is 26.2 Å². The summed E-state index contributed by atoms with van der Waals surface area (Å²) >= 11 is 0. The molecule has 0 radical (unpaired) electrons. The fourth-order valence-corrected chi connectivity index (χ4v) is 8.56. The highest BCUT2D eigenvalue weighted by molar-refractivity contribution is 5.68. The maximum Gasteiger partial charge on any atom is 0.276 e. The molecule has 19 nitrogen and oxygen atoms in total. The standard InChI is InChI=1S/C21H27N7O2.C15H21N5O2.C6H6N2O/c1-13-7-22-18(23-8-13)12-27-10-14(2)16(11-27)19-25-21(29)17-9-24-20(28(17)26-19)15-3-5-30-6-4-15;1-9-6-16-7-11(9)13-18-15(21)12-8-17-14(20(12)19-13)10-2-4-22-5-3-10;1-5-2-7-6(4-9)8-3-5/h7-9,14-16H,3-6,10-12H2,1-2H3,(H,25,26,29);8-11,16H,2-7H2,1H3,(H,18,19,21);2-4H,1H3. The minimum Gasteiger partial charge on any atom is -0.381 e. The molecule has 4 saturated heterocycles. The predicted molar refractivity (Wildman–Crippen MR) is 224 cm³/mol. The number of nitrogens with zero attached hydrogens (tertiary/aromatic N) is 11. The number of carbonyl (C=O) groups excluding carboxylic acids is 1. The van der Waals surface area contributed by atoms with Gasteiger partial charge in [-0.15, -0.1) is 0 Å². The van der Waals surface area contributed by atoms with Crippen LogP contribution in [0.4, 0.5) is 0 Å². The molecule has 10 heterocycles. The molecule has 0 spiro atoms. The van der Waals surface area contributed by atoms with Crippen molar-refractivity contribution in [3.63, 3.8) is 0 Å². The summed E-state index contributed by atoms with van der Waals surface area (Å²) in [6.45, 7) is 15.4. The van der Waals surface area contributed by atoms with Crippen LogP contribution in [0.2, 0.25) is 0 Å². The molecule has 4 unspecified atom stereocenters. The van der Waals surface area contributed by atoms with E-state index in [4.69, 9.17) is 19.7 Å². The predicted octanol–water partition coefficient (Wildman–Crippen LogP) is 2.88. The van der Waals surface area contributed by atoms with Gasteiger partial charge in [-0.25, -0.2) is 38.9 Å². The van der Waals surface area contributed by atoms with Gasteiger partial charge in [0.05, 0.1) is 18.9 Å². The van der Waals surface area contributed by atoms with Gasteiger partial charge in [-0.05, 0) is 69.0 Å². The summed E-state index contributed by atoms with van der Waals surface area (Å²) in [7, 11) is 0. The summed E-state index contributed by atoms with van der Waals surface area (Å²) in [6.07, 6.45) is 14.5. The highest BCUT2D eigenvalue weighted by atomic mass is 16.5. The Morgan fingerprint density at radius 2 is 1.16 bits per heavy atom. The normalized spacial score (nSPS) is 22.5. The Bertz CT molecular complexity index is 2520. The molecule has 6 aromatic heterocycles. The Morgan fingerprint density at radius 1 is 0.656 bits per heavy atom. The van der Waals surface area contributed by atoms with Crippen molar-refractivity contribution in [1.29, 1.82) is 0 Å². The number of fused-ring (bicyclic) bond motifs is 2. The van der Waals surface area contributed by atoms with Gasteiger partial charge in [-0.2, -0.15) is 10.2 Å². The van der Waals surface area contributed by atoms with Crippen LogP contribution < -0.4 is 16.4 Å². The van der Waals surface area contributed by atoms with Gasteiger partial charge in [0.15, 0.2) is 23.1 Å². The second-order valence-corrected chi connectivity index (χ2v) is 16.7. The zero-order valence-corrected chi connectivity index (χ0v) is 35.2. The van der Waals surface area contributed by atoms with E-state index in [2.05, 4.69) is 63.9 Å². The zero-order chi connectivity index (χ0) is 42.5. The maximum atomic E-state index is 12.7. The van der Waals surface area contributed by atoms with Gasteiger partial charge >= 0.3 is 0 Å². The number of rotatable bonds is 7. The number of aryl methyl sites for hydroxylation is 2. The molecule has 19 heteroatoms. The maximum absolute atomic E-state index is 12.7. The molecule has 6 aromatic rings. The van der Waals surface area contributed by atoms with E-state index in [1.54, 1.807) is 33.8 Å². The number of ether oxygens (including phenoxy) is 2. The lowest BCUT2D eigenvalue weighted by molar-refractivity contribution is 0.0831. The minimum absolute atomic E-state index is 0.102. The van der Waals surface area contributed by atoms with Crippen LogP contribution in [0.5, 0.6) is 0 Å². The Kier molecular flexibility index (Phi) is 13.1. The molecule has 0 saturated carbocycles. The molecule has 4 atom stereocenters. The number of hydrogen-bond acceptors (Lipinski definition) is 15. The number of H-pyrrole nitrogens is 2. The Balaban J connectivity index is 0.000000144. The molecule has 3 N–H and O–H groups in total. The topological polar surface area (TPSA) is 228 Å². The average molecular weight is 835 g/mol. The molecule has 322 valence electrons. The van der Waals surface area contributed by atoms with Crippen molar-refractivity contribution in [2.75, 3.05) is 52.6 Å². The first kappa shape index (κ1) is 42.1. The van der Waals surface area contributed by atoms with E-state index < -0.39 is 0 Å². The van der Waals surface area contributed by atoms with Crippen molar-refractivity contribution in [2.24, 2.45) is 11.8 Å². The van der Waals surface area contributed by atoms with Crippen molar-refractivity contribution in [3.05, 3.63) is 104 Å². The van der Waals surface area contributed by atoms with Crippen molar-refractivity contribution in [3.8, 4) is 0 Å². The van der Waals surface area contributed by atoms with E-state index in [-0.39, 0.29) is 34.7 Å². The van der Waals surface area contributed by atoms with Gasteiger partial charge in [-0.3, -0.25) is 19.3 Å². The van der Waals surface area contributed by atoms with Crippen LogP contribution in [0, 0.1) is 25.7 Å². The first-order valence-electron chi connectivity index (χ1n) is 21.2. The lowest BCUT2D eigenvalue weighted by Gasteiger charge is -2.21. The van der Waals surface area contributed by atoms with Gasteiger partial charge in [0, 0.05) is 94.5 Å². The highest BCUT2D eigenvalue weighted by Crippen LogP contribution is 2.32. The van der Waals surface area contributed by atoms with Crippen LogP contribution in [0.3, 0.4) is 0 Å². The monoisotopic (exact) mass is 834 g/mol. The molecule has 61 heavy (non-hydrogen) atoms. The van der Waals surface area contributed by atoms with Gasteiger partial charge in [0.1, 0.15) is 29.1 Å². The van der Waals surface area contributed by atoms with Crippen LogP contribution in [0.15, 0.2) is 46.8 Å². The Labute approximate surface area is 352 Å². The first-order chi connectivity index (χ1) is 29.6. The molecule has 4 aliphatic rings. The van der Waals surface area contributed by atoms with Crippen LogP contribution in [-0.4, -0.2) is 123 Å². The van der Waals surface area contributed by atoms with Crippen molar-refractivity contribution >= 4 is 17.3 Å². The largest absolute Gasteiger partial charge is 0.381 e. The number of nitrogens with one attached hydrogen (secondary N) is 3. The van der Waals surface area contributed by atoms with Crippen LogP contribution in [0.25, 0.3) is 11.0 Å². The number of imidazole rings is 2. The third-order valence-corrected chi connectivity index (χ3v) is 12.1. The summed E-state index contributed by atoms with van der Waals surface area (Å²) in [5.41, 5.74) is 2.83. The number of aldehydes is 1. The molecule has 0 bridgehead atoms. The SMILES string of the molecule is CC1CNCC1c1nn2c(C3CCOCC3)ncc2c(=O)[nH]1.Cc1cnc(C=O)nc1.Cc1cnc(CN2CC(C)C(c3nn4c(C5CCOCC5)ncc4c(=O)[nH]3)C2)nc1. The third kappa shape index (κ3) is 9.64. The Morgan fingerprint density at radius 3 is 1.66 bits per heavy atom. The number of aromatic amines is 2. The number of carbonyl (C=O) groups is 1. The number of hydrogen-bond donors (Lipinski definition) is 3. The second-order valence-electron chi connectivity index (χ2n) is 16.7. The van der Waals surface area contributed by atoms with E-state index >= 15 is 0 Å². The summed E-state index contributed by atoms with van der Waals surface area (Å²) < 4.78 is 14.4. The molecular formula is C42H54N14O5. The third-order valence-electron chi connectivity index (χ3n) is 12.1. The smallest absolute Gasteiger partial charge is 0.276 e. The van der Waals surface area contributed by atoms with Gasteiger partial charge in [0.2, 0.25) is 0 Å². The number of likely N-dealkylation sites (tertiary alicyclic amines) is 1. The highest BCUT2D eigenvalue weighted by Gasteiger charge is 2.34. The number of aromatic nitrogens is 12. The Hall–Kier alpha value is -5.63. The zero-order valence-electron chi connectivity index (χ0n) is 35.2. The van der Waals surface area contributed by atoms with E-state index in [0.29, 0.717) is 41.6 Å². The van der Waals surface area contributed by atoms with E-state index in [0.717, 1.165) is 119 Å². The second kappa shape index (κ2) is 19.0. The quantitative estimate of drug-likeness (QED) is 0.197. The van der Waals surface area contributed by atoms with Gasteiger partial charge < -0.3 is 24.8 Å². The van der Waals surface area contributed by atoms with Crippen molar-refractivity contribution in [1.82, 2.24) is 69.3 Å². The van der Waals surface area contributed by atoms with Crippen molar-refractivity contribution < 1.29 is 14.3 Å². The molecule has 4 aliphatic heterocycles. The van der Waals surface area contributed by atoms with Crippen LogP contribution in [-0.2, 0) is 16.0 Å². The summed E-state index contributed by atoms with van der Waals surface area (Å²) in [5, 5.41) is 12.9. The van der Waals surface area contributed by atoms with Gasteiger partial charge in [-0.1, -0.05) is 13.8 Å². The fourth-order valence-electron chi connectivity index (χ4n) is 8.56. The first-order valence-corrected chi connectivity index (χ1v) is 21.2. The molecule has 4 fully saturated rings. The van der Waals surface area contributed by atoms with E-state index in [9.17, 15) is 14.4 Å². The summed E-state index contributed by atoms with van der Waals surface area (Å²) in [4.78, 5) is 68.7. The lowest BCUT2D eigenvalue weighted by Crippen LogP contribution is -2.24. The molecular weight excluding hydrogens is 781 g/mol.